The third-order valence-electron chi connectivity index (χ3n) is 3.40. The highest BCUT2D eigenvalue weighted by Gasteiger charge is 2.10. The van der Waals surface area contributed by atoms with Crippen molar-refractivity contribution in [1.82, 2.24) is 10.6 Å². The third kappa shape index (κ3) is 7.69. The largest absolute Gasteiger partial charge is 0.482 e. The number of esters is 1. The second kappa shape index (κ2) is 10.3. The number of aryl methyl sites for hydroxylation is 1. The maximum absolute atomic E-state index is 11.6. The maximum atomic E-state index is 11.6. The SMILES string of the molecule is CCNC(=O)CNC(=O)COC(=O)COc1ccc(C(C)C)c(C)c1. The molecule has 0 heterocycles. The van der Waals surface area contributed by atoms with Gasteiger partial charge in [-0.1, -0.05) is 19.9 Å². The predicted octanol–water partition coefficient (Wildman–Crippen LogP) is 1.29. The molecule has 25 heavy (non-hydrogen) atoms. The molecular formula is C18H26N2O5. The molecule has 7 heteroatoms. The highest BCUT2D eigenvalue weighted by Crippen LogP contribution is 2.23. The quantitative estimate of drug-likeness (QED) is 0.655. The number of nitrogens with one attached hydrogen (secondary N) is 2. The second-order valence-electron chi connectivity index (χ2n) is 5.85. The number of benzene rings is 1. The van der Waals surface area contributed by atoms with Crippen molar-refractivity contribution in [1.29, 1.82) is 0 Å². The van der Waals surface area contributed by atoms with Crippen LogP contribution >= 0.6 is 0 Å². The van der Waals surface area contributed by atoms with Gasteiger partial charge in [-0.15, -0.1) is 0 Å². The van der Waals surface area contributed by atoms with E-state index in [2.05, 4.69) is 24.5 Å². The number of rotatable bonds is 9. The first kappa shape index (κ1) is 20.5. The molecule has 1 aromatic carbocycles. The fourth-order valence-electron chi connectivity index (χ4n) is 2.21. The molecule has 0 aliphatic carbocycles. The Kier molecular flexibility index (Phi) is 8.46. The lowest BCUT2D eigenvalue weighted by Crippen LogP contribution is -2.38. The van der Waals surface area contributed by atoms with E-state index in [1.54, 1.807) is 13.0 Å². The molecule has 0 radical (unpaired) electrons. The zero-order valence-corrected chi connectivity index (χ0v) is 15.2. The summed E-state index contributed by atoms with van der Waals surface area (Å²) in [7, 11) is 0. The van der Waals surface area contributed by atoms with Gasteiger partial charge in [0.05, 0.1) is 6.54 Å². The summed E-state index contributed by atoms with van der Waals surface area (Å²) in [4.78, 5) is 34.3. The molecule has 2 amide bonds. The van der Waals surface area contributed by atoms with Crippen LogP contribution in [0, 0.1) is 6.92 Å². The standard InChI is InChI=1S/C18H26N2O5/c1-5-19-16(21)9-20-17(22)10-25-18(23)11-24-14-6-7-15(12(2)3)13(4)8-14/h6-8,12H,5,9-11H2,1-4H3,(H,19,21)(H,20,22). The van der Waals surface area contributed by atoms with E-state index in [9.17, 15) is 14.4 Å². The fraction of sp³-hybridized carbons (Fsp3) is 0.500. The molecular weight excluding hydrogens is 324 g/mol. The minimum absolute atomic E-state index is 0.151. The Morgan fingerprint density at radius 1 is 1.08 bits per heavy atom. The van der Waals surface area contributed by atoms with Crippen molar-refractivity contribution in [3.63, 3.8) is 0 Å². The molecule has 1 rings (SSSR count). The van der Waals surface area contributed by atoms with Crippen LogP contribution < -0.4 is 15.4 Å². The Morgan fingerprint density at radius 2 is 1.80 bits per heavy atom. The van der Waals surface area contributed by atoms with Crippen LogP contribution in [0.5, 0.6) is 5.75 Å². The third-order valence-corrected chi connectivity index (χ3v) is 3.40. The lowest BCUT2D eigenvalue weighted by atomic mass is 9.98. The minimum Gasteiger partial charge on any atom is -0.482 e. The van der Waals surface area contributed by atoms with E-state index >= 15 is 0 Å². The van der Waals surface area contributed by atoms with Crippen LogP contribution in [0.15, 0.2) is 18.2 Å². The summed E-state index contributed by atoms with van der Waals surface area (Å²) < 4.78 is 10.2. The molecule has 1 aromatic rings. The zero-order chi connectivity index (χ0) is 18.8. The number of carbonyl (C=O) groups excluding carboxylic acids is 3. The lowest BCUT2D eigenvalue weighted by Gasteiger charge is -2.12. The minimum atomic E-state index is -0.654. The molecule has 138 valence electrons. The van der Waals surface area contributed by atoms with E-state index in [1.807, 2.05) is 19.1 Å². The van der Waals surface area contributed by atoms with Gasteiger partial charge in [0.25, 0.3) is 5.91 Å². The van der Waals surface area contributed by atoms with E-state index in [0.29, 0.717) is 18.2 Å². The van der Waals surface area contributed by atoms with Crippen molar-refractivity contribution in [3.05, 3.63) is 29.3 Å². The van der Waals surface area contributed by atoms with Gasteiger partial charge in [0.1, 0.15) is 5.75 Å². The van der Waals surface area contributed by atoms with Crippen molar-refractivity contribution in [2.45, 2.75) is 33.6 Å². The first-order valence-electron chi connectivity index (χ1n) is 8.25. The van der Waals surface area contributed by atoms with Crippen LogP contribution in [0.2, 0.25) is 0 Å². The van der Waals surface area contributed by atoms with Gasteiger partial charge in [0.15, 0.2) is 13.2 Å². The van der Waals surface area contributed by atoms with Crippen molar-refractivity contribution in [2.24, 2.45) is 0 Å². The van der Waals surface area contributed by atoms with Gasteiger partial charge in [-0.3, -0.25) is 9.59 Å². The first-order chi connectivity index (χ1) is 11.8. The van der Waals surface area contributed by atoms with Crippen molar-refractivity contribution >= 4 is 17.8 Å². The van der Waals surface area contributed by atoms with Gasteiger partial charge < -0.3 is 20.1 Å². The van der Waals surface area contributed by atoms with E-state index in [-0.39, 0.29) is 19.1 Å². The number of amides is 2. The molecule has 0 aliphatic heterocycles. The average Bonchev–Trinajstić information content (AvgIpc) is 2.56. The molecule has 0 bridgehead atoms. The van der Waals surface area contributed by atoms with Crippen LogP contribution in [0.25, 0.3) is 0 Å². The summed E-state index contributed by atoms with van der Waals surface area (Å²) in [5, 5.41) is 4.89. The summed E-state index contributed by atoms with van der Waals surface area (Å²) in [5.74, 6) is -0.516. The van der Waals surface area contributed by atoms with Crippen LogP contribution in [0.3, 0.4) is 0 Å². The number of likely N-dealkylation sites (N-methyl/N-ethyl adjacent to an activating group) is 1. The lowest BCUT2D eigenvalue weighted by molar-refractivity contribution is -0.150. The first-order valence-corrected chi connectivity index (χ1v) is 8.25. The Balaban J connectivity index is 2.32. The van der Waals surface area contributed by atoms with Crippen LogP contribution in [0.1, 0.15) is 37.8 Å². The molecule has 0 spiro atoms. The van der Waals surface area contributed by atoms with E-state index in [0.717, 1.165) is 5.56 Å². The molecule has 0 fully saturated rings. The van der Waals surface area contributed by atoms with Crippen molar-refractivity contribution in [2.75, 3.05) is 26.3 Å². The molecule has 7 nitrogen and oxygen atoms in total. The Hall–Kier alpha value is -2.57. The second-order valence-corrected chi connectivity index (χ2v) is 5.85. The molecule has 0 aromatic heterocycles. The fourth-order valence-corrected chi connectivity index (χ4v) is 2.21. The molecule has 0 atom stereocenters. The van der Waals surface area contributed by atoms with Crippen LogP contribution in [0.4, 0.5) is 0 Å². The topological polar surface area (TPSA) is 93.7 Å². The van der Waals surface area contributed by atoms with E-state index in [4.69, 9.17) is 9.47 Å². The summed E-state index contributed by atoms with van der Waals surface area (Å²) in [6.07, 6.45) is 0. The highest BCUT2D eigenvalue weighted by molar-refractivity contribution is 5.86. The summed E-state index contributed by atoms with van der Waals surface area (Å²) in [5.41, 5.74) is 2.31. The zero-order valence-electron chi connectivity index (χ0n) is 15.2. The molecule has 0 unspecified atom stereocenters. The Labute approximate surface area is 148 Å². The van der Waals surface area contributed by atoms with E-state index in [1.165, 1.54) is 5.56 Å². The number of ether oxygens (including phenoxy) is 2. The van der Waals surface area contributed by atoms with Crippen LogP contribution in [-0.2, 0) is 19.1 Å². The van der Waals surface area contributed by atoms with Gasteiger partial charge in [-0.05, 0) is 43.0 Å². The molecule has 2 N–H and O–H groups in total. The predicted molar refractivity (Wildman–Crippen MR) is 93.4 cm³/mol. The number of hydrogen-bond acceptors (Lipinski definition) is 5. The summed E-state index contributed by atoms with van der Waals surface area (Å²) >= 11 is 0. The molecule has 0 aliphatic rings. The van der Waals surface area contributed by atoms with Gasteiger partial charge in [0.2, 0.25) is 5.91 Å². The van der Waals surface area contributed by atoms with Gasteiger partial charge in [-0.25, -0.2) is 4.79 Å². The van der Waals surface area contributed by atoms with Crippen molar-refractivity contribution < 1.29 is 23.9 Å². The number of carbonyl (C=O) groups is 3. The van der Waals surface area contributed by atoms with Gasteiger partial charge >= 0.3 is 5.97 Å². The van der Waals surface area contributed by atoms with Gasteiger partial charge in [-0.2, -0.15) is 0 Å². The maximum Gasteiger partial charge on any atom is 0.344 e. The average molecular weight is 350 g/mol. The normalized spacial score (nSPS) is 10.3. The summed E-state index contributed by atoms with van der Waals surface area (Å²) in [6.45, 7) is 7.57. The molecule has 0 saturated heterocycles. The number of hydrogen-bond donors (Lipinski definition) is 2. The van der Waals surface area contributed by atoms with E-state index < -0.39 is 18.5 Å². The smallest absolute Gasteiger partial charge is 0.344 e. The van der Waals surface area contributed by atoms with Crippen molar-refractivity contribution in [3.8, 4) is 5.75 Å². The highest BCUT2D eigenvalue weighted by atomic mass is 16.6. The summed E-state index contributed by atoms with van der Waals surface area (Å²) in [6, 6.07) is 5.63. The monoisotopic (exact) mass is 350 g/mol. The Bertz CT molecular complexity index is 613. The van der Waals surface area contributed by atoms with Gasteiger partial charge in [0, 0.05) is 6.54 Å². The molecule has 0 saturated carbocycles. The Morgan fingerprint density at radius 3 is 2.40 bits per heavy atom. The van der Waals surface area contributed by atoms with Crippen LogP contribution in [-0.4, -0.2) is 44.1 Å².